The molecule has 1 aliphatic heterocycles. The molecule has 0 unspecified atom stereocenters. The largest absolute Gasteiger partial charge is 0.394 e. The van der Waals surface area contributed by atoms with Crippen LogP contribution in [0.25, 0.3) is 0 Å². The van der Waals surface area contributed by atoms with Crippen molar-refractivity contribution in [1.29, 1.82) is 0 Å². The summed E-state index contributed by atoms with van der Waals surface area (Å²) in [6.07, 6.45) is -4.56. The fraction of sp³-hybridized carbons (Fsp3) is 1.00. The molecule has 0 bridgehead atoms. The molecule has 14 heavy (non-hydrogen) atoms. The van der Waals surface area contributed by atoms with E-state index in [1.54, 1.807) is 0 Å². The van der Waals surface area contributed by atoms with Crippen LogP contribution in [0.5, 0.6) is 0 Å². The third-order valence-electron chi connectivity index (χ3n) is 1.78. The van der Waals surface area contributed by atoms with E-state index in [2.05, 4.69) is 8.92 Å². The average Bonchev–Trinajstić information content (AvgIpc) is 2.29. The summed E-state index contributed by atoms with van der Waals surface area (Å²) in [6, 6.07) is 0. The maximum absolute atomic E-state index is 10.7. The lowest BCUT2D eigenvalue weighted by molar-refractivity contribution is -0.127. The van der Waals surface area contributed by atoms with Gasteiger partial charge < -0.3 is 20.1 Å². The molecule has 0 aromatic heterocycles. The molecule has 8 heteroatoms. The van der Waals surface area contributed by atoms with Crippen molar-refractivity contribution in [3.05, 3.63) is 0 Å². The van der Waals surface area contributed by atoms with E-state index in [-0.39, 0.29) is 0 Å². The molecule has 0 radical (unpaired) electrons. The van der Waals surface area contributed by atoms with Gasteiger partial charge in [0, 0.05) is 0 Å². The predicted molar refractivity (Wildman–Crippen MR) is 43.7 cm³/mol. The van der Waals surface area contributed by atoms with Crippen molar-refractivity contribution in [2.24, 2.45) is 0 Å². The summed E-state index contributed by atoms with van der Waals surface area (Å²) in [6.45, 7) is -0.526. The van der Waals surface area contributed by atoms with Gasteiger partial charge in [0.25, 0.3) is 10.1 Å². The van der Waals surface area contributed by atoms with Gasteiger partial charge in [-0.3, -0.25) is 4.18 Å². The molecule has 4 atom stereocenters. The van der Waals surface area contributed by atoms with Gasteiger partial charge in [0.15, 0.2) is 12.4 Å². The molecule has 1 saturated heterocycles. The summed E-state index contributed by atoms with van der Waals surface area (Å²) in [4.78, 5) is 0. The van der Waals surface area contributed by atoms with Crippen molar-refractivity contribution in [3.8, 4) is 0 Å². The van der Waals surface area contributed by atoms with E-state index in [1.165, 1.54) is 0 Å². The Labute approximate surface area is 81.0 Å². The lowest BCUT2D eigenvalue weighted by atomic mass is 10.1. The second kappa shape index (κ2) is 4.09. The number of hydrogen-bond acceptors (Lipinski definition) is 7. The Morgan fingerprint density at radius 1 is 1.43 bits per heavy atom. The van der Waals surface area contributed by atoms with Gasteiger partial charge in [-0.15, -0.1) is 0 Å². The molecule has 1 aliphatic rings. The monoisotopic (exact) mass is 228 g/mol. The molecule has 1 fully saturated rings. The van der Waals surface area contributed by atoms with Crippen molar-refractivity contribution in [1.82, 2.24) is 0 Å². The molecule has 1 heterocycles. The van der Waals surface area contributed by atoms with Crippen LogP contribution < -0.4 is 0 Å². The Morgan fingerprint density at radius 2 is 2.00 bits per heavy atom. The van der Waals surface area contributed by atoms with Gasteiger partial charge in [-0.25, -0.2) is 0 Å². The fourth-order valence-corrected chi connectivity index (χ4v) is 1.79. The van der Waals surface area contributed by atoms with Crippen LogP contribution in [-0.4, -0.2) is 61.2 Å². The Hall–Kier alpha value is -0.250. The van der Waals surface area contributed by atoms with Crippen LogP contribution in [-0.2, 0) is 19.0 Å². The third-order valence-corrected chi connectivity index (χ3v) is 2.35. The molecule has 1 rings (SSSR count). The van der Waals surface area contributed by atoms with Crippen LogP contribution in [0.15, 0.2) is 0 Å². The number of rotatable bonds is 3. The first-order valence-corrected chi connectivity index (χ1v) is 5.67. The first-order valence-electron chi connectivity index (χ1n) is 3.86. The normalized spacial score (nSPS) is 38.9. The lowest BCUT2D eigenvalue weighted by Gasteiger charge is -2.15. The van der Waals surface area contributed by atoms with Crippen LogP contribution in [0.1, 0.15) is 0 Å². The lowest BCUT2D eigenvalue weighted by Crippen LogP contribution is -2.37. The van der Waals surface area contributed by atoms with Crippen LogP contribution in [0.4, 0.5) is 0 Å². The van der Waals surface area contributed by atoms with E-state index in [0.717, 1.165) is 6.26 Å². The highest BCUT2D eigenvalue weighted by Crippen LogP contribution is 2.23. The molecule has 7 nitrogen and oxygen atoms in total. The molecule has 0 aliphatic carbocycles. The van der Waals surface area contributed by atoms with Gasteiger partial charge in [-0.2, -0.15) is 8.42 Å². The highest BCUT2D eigenvalue weighted by Gasteiger charge is 2.45. The zero-order valence-electron chi connectivity index (χ0n) is 7.40. The van der Waals surface area contributed by atoms with Gasteiger partial charge in [0.2, 0.25) is 0 Å². The molecule has 0 saturated carbocycles. The molecule has 0 amide bonds. The molecular formula is C6H12O7S. The summed E-state index contributed by atoms with van der Waals surface area (Å²) in [7, 11) is -3.79. The van der Waals surface area contributed by atoms with Crippen LogP contribution >= 0.6 is 0 Å². The van der Waals surface area contributed by atoms with Gasteiger partial charge in [-0.1, -0.05) is 0 Å². The van der Waals surface area contributed by atoms with E-state index >= 15 is 0 Å². The Morgan fingerprint density at radius 3 is 2.36 bits per heavy atom. The van der Waals surface area contributed by atoms with Gasteiger partial charge >= 0.3 is 0 Å². The Balaban J connectivity index is 2.70. The SMILES string of the molecule is CS(=O)(=O)O[C@@H]1[C@H](O)[C@H](CO)O[C@@H]1O. The molecule has 0 aromatic carbocycles. The molecule has 0 spiro atoms. The zero-order chi connectivity index (χ0) is 10.9. The standard InChI is InChI=1S/C6H12O7S/c1-14(10,11)13-5-4(8)3(2-7)12-6(5)9/h3-9H,2H2,1H3/t3-,4+,5+,6-/m0/s1. The summed E-state index contributed by atoms with van der Waals surface area (Å²) in [5.74, 6) is 0. The van der Waals surface area contributed by atoms with Crippen molar-refractivity contribution < 1.29 is 32.7 Å². The predicted octanol–water partition coefficient (Wildman–Crippen LogP) is -2.60. The summed E-state index contributed by atoms with van der Waals surface area (Å²) < 4.78 is 30.5. The smallest absolute Gasteiger partial charge is 0.264 e. The van der Waals surface area contributed by atoms with Crippen molar-refractivity contribution in [3.63, 3.8) is 0 Å². The van der Waals surface area contributed by atoms with E-state index in [9.17, 15) is 13.5 Å². The minimum Gasteiger partial charge on any atom is -0.394 e. The molecular weight excluding hydrogens is 216 g/mol. The van der Waals surface area contributed by atoms with E-state index < -0.39 is 41.3 Å². The van der Waals surface area contributed by atoms with Crippen LogP contribution in [0.2, 0.25) is 0 Å². The first-order chi connectivity index (χ1) is 6.35. The van der Waals surface area contributed by atoms with Crippen molar-refractivity contribution in [2.75, 3.05) is 12.9 Å². The minimum absolute atomic E-state index is 0.526. The van der Waals surface area contributed by atoms with Crippen LogP contribution in [0.3, 0.4) is 0 Å². The zero-order valence-corrected chi connectivity index (χ0v) is 8.22. The highest BCUT2D eigenvalue weighted by atomic mass is 32.2. The topological polar surface area (TPSA) is 113 Å². The number of aliphatic hydroxyl groups excluding tert-OH is 3. The minimum atomic E-state index is -3.79. The average molecular weight is 228 g/mol. The summed E-state index contributed by atoms with van der Waals surface area (Å²) in [5.41, 5.74) is 0. The number of hydrogen-bond donors (Lipinski definition) is 3. The number of ether oxygens (including phenoxy) is 1. The molecule has 0 aromatic rings. The van der Waals surface area contributed by atoms with Crippen molar-refractivity contribution >= 4 is 10.1 Å². The Kier molecular flexibility index (Phi) is 3.45. The Bertz CT molecular complexity index is 287. The maximum Gasteiger partial charge on any atom is 0.264 e. The van der Waals surface area contributed by atoms with Gasteiger partial charge in [0.1, 0.15) is 12.2 Å². The van der Waals surface area contributed by atoms with E-state index in [0.29, 0.717) is 0 Å². The molecule has 84 valence electrons. The van der Waals surface area contributed by atoms with Crippen molar-refractivity contribution in [2.45, 2.75) is 24.6 Å². The second-order valence-electron chi connectivity index (χ2n) is 3.00. The molecule has 3 N–H and O–H groups in total. The number of aliphatic hydroxyl groups is 3. The quantitative estimate of drug-likeness (QED) is 0.454. The van der Waals surface area contributed by atoms with Crippen LogP contribution in [0, 0.1) is 0 Å². The maximum atomic E-state index is 10.7. The van der Waals surface area contributed by atoms with Gasteiger partial charge in [-0.05, 0) is 0 Å². The summed E-state index contributed by atoms with van der Waals surface area (Å²) in [5, 5.41) is 27.2. The first kappa shape index (κ1) is 11.8. The third kappa shape index (κ3) is 2.62. The fourth-order valence-electron chi connectivity index (χ4n) is 1.17. The second-order valence-corrected chi connectivity index (χ2v) is 4.60. The van der Waals surface area contributed by atoms with Gasteiger partial charge in [0.05, 0.1) is 12.9 Å². The van der Waals surface area contributed by atoms with E-state index in [1.807, 2.05) is 0 Å². The van der Waals surface area contributed by atoms with E-state index in [4.69, 9.17) is 10.2 Å². The summed E-state index contributed by atoms with van der Waals surface area (Å²) >= 11 is 0. The highest BCUT2D eigenvalue weighted by molar-refractivity contribution is 7.86.